The molecule has 1 aliphatic rings. The first-order valence-corrected chi connectivity index (χ1v) is 8.01. The molecule has 102 valence electrons. The minimum Gasteiger partial charge on any atom is -0.393 e. The van der Waals surface area contributed by atoms with Crippen molar-refractivity contribution in [2.24, 2.45) is 5.92 Å². The molecule has 1 N–H and O–H groups in total. The van der Waals surface area contributed by atoms with Gasteiger partial charge in [0, 0.05) is 0 Å². The van der Waals surface area contributed by atoms with Crippen LogP contribution in [0.1, 0.15) is 90.4 Å². The molecule has 17 heavy (non-hydrogen) atoms. The molecule has 1 saturated carbocycles. The smallest absolute Gasteiger partial charge is 0.0542 e. The maximum Gasteiger partial charge on any atom is 0.0542 e. The molecule has 1 unspecified atom stereocenters. The molecule has 0 radical (unpaired) electrons. The number of unbranched alkanes of at least 4 members (excludes halogenated alkanes) is 5. The van der Waals surface area contributed by atoms with Crippen molar-refractivity contribution in [3.05, 3.63) is 0 Å². The van der Waals surface area contributed by atoms with Crippen LogP contribution >= 0.6 is 0 Å². The Balaban J connectivity index is 1.91. The lowest BCUT2D eigenvalue weighted by atomic mass is 9.84. The van der Waals surface area contributed by atoms with Gasteiger partial charge in [-0.25, -0.2) is 0 Å². The fourth-order valence-corrected chi connectivity index (χ4v) is 3.09. The van der Waals surface area contributed by atoms with Crippen molar-refractivity contribution in [3.8, 4) is 0 Å². The number of hydrogen-bond donors (Lipinski definition) is 1. The van der Waals surface area contributed by atoms with Crippen molar-refractivity contribution >= 4 is 0 Å². The van der Waals surface area contributed by atoms with Gasteiger partial charge in [0.2, 0.25) is 0 Å². The molecule has 0 aromatic rings. The zero-order chi connectivity index (χ0) is 12.3. The summed E-state index contributed by atoms with van der Waals surface area (Å²) in [6.45, 7) is 2.26. The lowest BCUT2D eigenvalue weighted by Crippen LogP contribution is -2.16. The van der Waals surface area contributed by atoms with Crippen LogP contribution in [0.4, 0.5) is 0 Å². The summed E-state index contributed by atoms with van der Waals surface area (Å²) in [6, 6.07) is 0. The molecule has 1 rings (SSSR count). The Labute approximate surface area is 108 Å². The van der Waals surface area contributed by atoms with Crippen LogP contribution in [0.3, 0.4) is 0 Å². The summed E-state index contributed by atoms with van der Waals surface area (Å²) in [6.07, 6.45) is 17.1. The van der Waals surface area contributed by atoms with Crippen LogP contribution in [-0.4, -0.2) is 11.2 Å². The molecule has 0 amide bonds. The van der Waals surface area contributed by atoms with E-state index in [2.05, 4.69) is 6.92 Å². The number of rotatable bonds is 9. The Morgan fingerprint density at radius 2 is 1.59 bits per heavy atom. The molecule has 1 fully saturated rings. The summed E-state index contributed by atoms with van der Waals surface area (Å²) < 4.78 is 0. The van der Waals surface area contributed by atoms with Gasteiger partial charge in [0.15, 0.2) is 0 Å². The Kier molecular flexibility index (Phi) is 8.78. The quantitative estimate of drug-likeness (QED) is 0.558. The second-order valence-corrected chi connectivity index (χ2v) is 5.95. The van der Waals surface area contributed by atoms with Crippen molar-refractivity contribution in [3.63, 3.8) is 0 Å². The van der Waals surface area contributed by atoms with Crippen LogP contribution in [0.2, 0.25) is 0 Å². The maximum absolute atomic E-state index is 10.0. The van der Waals surface area contributed by atoms with Gasteiger partial charge in [0.25, 0.3) is 0 Å². The van der Waals surface area contributed by atoms with E-state index < -0.39 is 0 Å². The minimum atomic E-state index is -0.00993. The van der Waals surface area contributed by atoms with E-state index in [9.17, 15) is 5.11 Å². The highest BCUT2D eigenvalue weighted by molar-refractivity contribution is 4.69. The van der Waals surface area contributed by atoms with Crippen molar-refractivity contribution in [1.29, 1.82) is 0 Å². The predicted octanol–water partition coefficient (Wildman–Crippen LogP) is 5.07. The van der Waals surface area contributed by atoms with Gasteiger partial charge in [-0.1, -0.05) is 77.6 Å². The van der Waals surface area contributed by atoms with E-state index in [1.807, 2.05) is 0 Å². The minimum absolute atomic E-state index is 0.00993. The van der Waals surface area contributed by atoms with E-state index in [1.165, 1.54) is 70.6 Å². The monoisotopic (exact) mass is 240 g/mol. The largest absolute Gasteiger partial charge is 0.393 e. The predicted molar refractivity (Wildman–Crippen MR) is 75.2 cm³/mol. The first-order chi connectivity index (χ1) is 8.33. The van der Waals surface area contributed by atoms with Crippen LogP contribution in [0.5, 0.6) is 0 Å². The lowest BCUT2D eigenvalue weighted by molar-refractivity contribution is 0.119. The zero-order valence-electron chi connectivity index (χ0n) is 11.8. The van der Waals surface area contributed by atoms with Gasteiger partial charge in [0.05, 0.1) is 6.10 Å². The summed E-state index contributed by atoms with van der Waals surface area (Å²) >= 11 is 0. The summed E-state index contributed by atoms with van der Waals surface area (Å²) in [4.78, 5) is 0. The van der Waals surface area contributed by atoms with Gasteiger partial charge in [-0.2, -0.15) is 0 Å². The third-order valence-electron chi connectivity index (χ3n) is 4.22. The fourth-order valence-electron chi connectivity index (χ4n) is 3.09. The third kappa shape index (κ3) is 7.81. The number of hydrogen-bond acceptors (Lipinski definition) is 1. The summed E-state index contributed by atoms with van der Waals surface area (Å²) in [5.74, 6) is 0.832. The Morgan fingerprint density at radius 1 is 0.941 bits per heavy atom. The molecule has 0 aliphatic heterocycles. The van der Waals surface area contributed by atoms with Gasteiger partial charge < -0.3 is 5.11 Å². The molecule has 1 heteroatoms. The Bertz CT molecular complexity index is 161. The highest BCUT2D eigenvalue weighted by Crippen LogP contribution is 2.28. The molecule has 0 aromatic heterocycles. The second kappa shape index (κ2) is 9.94. The van der Waals surface area contributed by atoms with E-state index in [0.717, 1.165) is 18.8 Å². The average Bonchev–Trinajstić information content (AvgIpc) is 2.35. The highest BCUT2D eigenvalue weighted by atomic mass is 16.3. The Morgan fingerprint density at radius 3 is 2.29 bits per heavy atom. The van der Waals surface area contributed by atoms with Gasteiger partial charge in [-0.3, -0.25) is 0 Å². The topological polar surface area (TPSA) is 20.2 Å². The molecular weight excluding hydrogens is 208 g/mol. The number of aliphatic hydroxyl groups is 1. The standard InChI is InChI=1S/C16H32O/c1-2-3-4-5-6-10-13-16(17)14-15-11-8-7-9-12-15/h15-17H,2-14H2,1H3. The molecule has 0 bridgehead atoms. The van der Waals surface area contributed by atoms with Gasteiger partial charge >= 0.3 is 0 Å². The molecule has 1 atom stereocenters. The van der Waals surface area contributed by atoms with E-state index in [4.69, 9.17) is 0 Å². The first kappa shape index (κ1) is 15.0. The normalized spacial score (nSPS) is 19.4. The molecule has 0 heterocycles. The fraction of sp³-hybridized carbons (Fsp3) is 1.00. The van der Waals surface area contributed by atoms with Crippen LogP contribution < -0.4 is 0 Å². The lowest BCUT2D eigenvalue weighted by Gasteiger charge is -2.23. The molecular formula is C16H32O. The van der Waals surface area contributed by atoms with Crippen molar-refractivity contribution < 1.29 is 5.11 Å². The van der Waals surface area contributed by atoms with Gasteiger partial charge in [-0.15, -0.1) is 0 Å². The molecule has 1 aliphatic carbocycles. The first-order valence-electron chi connectivity index (χ1n) is 8.01. The van der Waals surface area contributed by atoms with Crippen LogP contribution in [0.25, 0.3) is 0 Å². The highest BCUT2D eigenvalue weighted by Gasteiger charge is 2.16. The van der Waals surface area contributed by atoms with Crippen molar-refractivity contribution in [2.75, 3.05) is 0 Å². The zero-order valence-corrected chi connectivity index (χ0v) is 11.8. The van der Waals surface area contributed by atoms with Gasteiger partial charge in [-0.05, 0) is 18.8 Å². The molecule has 1 nitrogen and oxygen atoms in total. The van der Waals surface area contributed by atoms with Crippen molar-refractivity contribution in [1.82, 2.24) is 0 Å². The number of aliphatic hydroxyl groups excluding tert-OH is 1. The van der Waals surface area contributed by atoms with Crippen LogP contribution in [0, 0.1) is 5.92 Å². The second-order valence-electron chi connectivity index (χ2n) is 5.95. The van der Waals surface area contributed by atoms with E-state index in [1.54, 1.807) is 0 Å². The summed E-state index contributed by atoms with van der Waals surface area (Å²) in [5, 5.41) is 10.0. The van der Waals surface area contributed by atoms with Gasteiger partial charge in [0.1, 0.15) is 0 Å². The van der Waals surface area contributed by atoms with E-state index in [0.29, 0.717) is 0 Å². The average molecular weight is 240 g/mol. The molecule has 0 saturated heterocycles. The summed E-state index contributed by atoms with van der Waals surface area (Å²) in [7, 11) is 0. The summed E-state index contributed by atoms with van der Waals surface area (Å²) in [5.41, 5.74) is 0. The van der Waals surface area contributed by atoms with Crippen LogP contribution in [0.15, 0.2) is 0 Å². The van der Waals surface area contributed by atoms with Crippen LogP contribution in [-0.2, 0) is 0 Å². The van der Waals surface area contributed by atoms with Crippen molar-refractivity contribution in [2.45, 2.75) is 96.5 Å². The maximum atomic E-state index is 10.0. The Hall–Kier alpha value is -0.0400. The molecule has 0 aromatic carbocycles. The van der Waals surface area contributed by atoms with E-state index >= 15 is 0 Å². The SMILES string of the molecule is CCCCCCCCC(O)CC1CCCCC1. The third-order valence-corrected chi connectivity index (χ3v) is 4.22. The molecule has 0 spiro atoms. The van der Waals surface area contributed by atoms with E-state index in [-0.39, 0.29) is 6.10 Å².